The molecule has 0 aromatic heterocycles. The van der Waals surface area contributed by atoms with E-state index in [4.69, 9.17) is 0 Å². The lowest BCUT2D eigenvalue weighted by molar-refractivity contribution is 0.220. The van der Waals surface area contributed by atoms with Gasteiger partial charge < -0.3 is 10.2 Å². The van der Waals surface area contributed by atoms with E-state index in [2.05, 4.69) is 65.1 Å². The van der Waals surface area contributed by atoms with Crippen LogP contribution in [-0.4, -0.2) is 20.1 Å². The van der Waals surface area contributed by atoms with Gasteiger partial charge in [-0.05, 0) is 55.3 Å². The number of rotatable bonds is 3. The number of nitrogens with one attached hydrogen (secondary N) is 1. The fraction of sp³-hybridized carbons (Fsp3) is 0.667. The summed E-state index contributed by atoms with van der Waals surface area (Å²) in [7, 11) is 2.02. The molecule has 1 fully saturated rings. The fourth-order valence-electron chi connectivity index (χ4n) is 3.37. The third-order valence-corrected chi connectivity index (χ3v) is 5.20. The fourth-order valence-corrected chi connectivity index (χ4v) is 3.72. The third-order valence-electron chi connectivity index (χ3n) is 4.71. The van der Waals surface area contributed by atoms with E-state index in [1.807, 2.05) is 7.05 Å². The lowest BCUT2D eigenvalue weighted by atomic mass is 9.77. The highest BCUT2D eigenvalue weighted by Gasteiger charge is 2.27. The minimum Gasteiger partial charge on any atom is -0.371 e. The van der Waals surface area contributed by atoms with Gasteiger partial charge in [-0.2, -0.15) is 0 Å². The third kappa shape index (κ3) is 4.46. The summed E-state index contributed by atoms with van der Waals surface area (Å²) in [6.45, 7) is 10.5. The lowest BCUT2D eigenvalue weighted by Crippen LogP contribution is -2.27. The van der Waals surface area contributed by atoms with Gasteiger partial charge in [-0.15, -0.1) is 0 Å². The summed E-state index contributed by atoms with van der Waals surface area (Å²) in [4.78, 5) is 2.59. The van der Waals surface area contributed by atoms with Crippen LogP contribution in [0, 0.1) is 11.3 Å². The first-order chi connectivity index (χ1) is 9.91. The van der Waals surface area contributed by atoms with Gasteiger partial charge in [0.1, 0.15) is 0 Å². The molecule has 1 aromatic rings. The summed E-state index contributed by atoms with van der Waals surface area (Å²) in [5.41, 5.74) is 3.23. The molecule has 118 valence electrons. The van der Waals surface area contributed by atoms with Crippen LogP contribution in [0.3, 0.4) is 0 Å². The molecule has 0 radical (unpaired) electrons. The van der Waals surface area contributed by atoms with Crippen molar-refractivity contribution in [3.63, 3.8) is 0 Å². The van der Waals surface area contributed by atoms with Crippen molar-refractivity contribution >= 4 is 21.6 Å². The summed E-state index contributed by atoms with van der Waals surface area (Å²) in [6, 6.07) is 6.66. The number of anilines is 1. The molecule has 1 N–H and O–H groups in total. The molecular weight excluding hydrogens is 324 g/mol. The molecule has 1 saturated heterocycles. The van der Waals surface area contributed by atoms with Crippen LogP contribution >= 0.6 is 15.9 Å². The maximum Gasteiger partial charge on any atom is 0.0423 e. The Kier molecular flexibility index (Phi) is 5.73. The molecule has 1 unspecified atom stereocenters. The molecule has 1 aliphatic rings. The zero-order valence-corrected chi connectivity index (χ0v) is 15.5. The van der Waals surface area contributed by atoms with Crippen molar-refractivity contribution in [2.45, 2.75) is 46.6 Å². The Hall–Kier alpha value is -0.540. The zero-order chi connectivity index (χ0) is 15.5. The first kappa shape index (κ1) is 16.8. The second-order valence-corrected chi connectivity index (χ2v) is 8.20. The summed E-state index contributed by atoms with van der Waals surface area (Å²) in [5.74, 6) is 0.836. The van der Waals surface area contributed by atoms with E-state index in [1.165, 1.54) is 48.1 Å². The molecule has 3 heteroatoms. The van der Waals surface area contributed by atoms with Gasteiger partial charge in [0.2, 0.25) is 0 Å². The SMILES string of the molecule is CNCc1ccc(Br)cc1N1CCCC(C(C)(C)C)CC1. The Labute approximate surface area is 138 Å². The molecule has 2 nitrogen and oxygen atoms in total. The minimum absolute atomic E-state index is 0.432. The smallest absolute Gasteiger partial charge is 0.0423 e. The monoisotopic (exact) mass is 352 g/mol. The maximum atomic E-state index is 3.63. The Bertz CT molecular complexity index is 465. The zero-order valence-electron chi connectivity index (χ0n) is 13.9. The summed E-state index contributed by atoms with van der Waals surface area (Å²) in [6.07, 6.45) is 3.96. The van der Waals surface area contributed by atoms with Gasteiger partial charge in [0, 0.05) is 29.8 Å². The second kappa shape index (κ2) is 7.15. The molecule has 2 rings (SSSR count). The predicted octanol–water partition coefficient (Wildman–Crippen LogP) is 4.82. The van der Waals surface area contributed by atoms with Crippen molar-refractivity contribution in [2.24, 2.45) is 11.3 Å². The van der Waals surface area contributed by atoms with Crippen LogP contribution in [-0.2, 0) is 6.54 Å². The number of hydrogen-bond donors (Lipinski definition) is 1. The molecule has 1 aliphatic heterocycles. The molecule has 0 bridgehead atoms. The van der Waals surface area contributed by atoms with E-state index in [0.717, 1.165) is 12.5 Å². The minimum atomic E-state index is 0.432. The molecule has 1 aromatic carbocycles. The molecular formula is C18H29BrN2. The topological polar surface area (TPSA) is 15.3 Å². The number of benzene rings is 1. The normalized spacial score (nSPS) is 20.4. The Morgan fingerprint density at radius 3 is 2.67 bits per heavy atom. The first-order valence-electron chi connectivity index (χ1n) is 8.10. The molecule has 0 amide bonds. The Balaban J connectivity index is 2.17. The quantitative estimate of drug-likeness (QED) is 0.838. The first-order valence-corrected chi connectivity index (χ1v) is 8.89. The molecule has 0 aliphatic carbocycles. The van der Waals surface area contributed by atoms with E-state index in [9.17, 15) is 0 Å². The number of halogens is 1. The molecule has 0 spiro atoms. The Morgan fingerprint density at radius 1 is 1.24 bits per heavy atom. The van der Waals surface area contributed by atoms with E-state index in [1.54, 1.807) is 0 Å². The van der Waals surface area contributed by atoms with Crippen LogP contribution in [0.25, 0.3) is 0 Å². The summed E-state index contributed by atoms with van der Waals surface area (Å²) >= 11 is 3.63. The summed E-state index contributed by atoms with van der Waals surface area (Å²) < 4.78 is 1.17. The predicted molar refractivity (Wildman–Crippen MR) is 95.9 cm³/mol. The lowest BCUT2D eigenvalue weighted by Gasteiger charge is -2.30. The van der Waals surface area contributed by atoms with Crippen LogP contribution in [0.15, 0.2) is 22.7 Å². The largest absolute Gasteiger partial charge is 0.371 e. The highest BCUT2D eigenvalue weighted by molar-refractivity contribution is 9.10. The van der Waals surface area contributed by atoms with Crippen LogP contribution < -0.4 is 10.2 Å². The van der Waals surface area contributed by atoms with Gasteiger partial charge in [-0.3, -0.25) is 0 Å². The average molecular weight is 353 g/mol. The number of nitrogens with zero attached hydrogens (tertiary/aromatic N) is 1. The van der Waals surface area contributed by atoms with Crippen molar-refractivity contribution in [1.29, 1.82) is 0 Å². The van der Waals surface area contributed by atoms with Crippen LogP contribution in [0.4, 0.5) is 5.69 Å². The van der Waals surface area contributed by atoms with Crippen molar-refractivity contribution in [2.75, 3.05) is 25.0 Å². The molecule has 0 saturated carbocycles. The van der Waals surface area contributed by atoms with Gasteiger partial charge >= 0.3 is 0 Å². The highest BCUT2D eigenvalue weighted by atomic mass is 79.9. The molecule has 1 atom stereocenters. The van der Waals surface area contributed by atoms with Crippen molar-refractivity contribution in [3.05, 3.63) is 28.2 Å². The van der Waals surface area contributed by atoms with Crippen molar-refractivity contribution in [1.82, 2.24) is 5.32 Å². The van der Waals surface area contributed by atoms with Gasteiger partial charge in [-0.1, -0.05) is 42.8 Å². The van der Waals surface area contributed by atoms with E-state index in [0.29, 0.717) is 5.41 Å². The van der Waals surface area contributed by atoms with Crippen LogP contribution in [0.5, 0.6) is 0 Å². The van der Waals surface area contributed by atoms with E-state index in [-0.39, 0.29) is 0 Å². The average Bonchev–Trinajstić information content (AvgIpc) is 2.66. The maximum absolute atomic E-state index is 3.63. The molecule has 21 heavy (non-hydrogen) atoms. The standard InChI is InChI=1S/C18H29BrN2/c1-18(2,3)15-6-5-10-21(11-9-15)17-12-16(19)8-7-14(17)13-20-4/h7-8,12,15,20H,5-6,9-11,13H2,1-4H3. The molecule has 1 heterocycles. The van der Waals surface area contributed by atoms with Gasteiger partial charge in [0.05, 0.1) is 0 Å². The van der Waals surface area contributed by atoms with Crippen LogP contribution in [0.2, 0.25) is 0 Å². The van der Waals surface area contributed by atoms with E-state index < -0.39 is 0 Å². The van der Waals surface area contributed by atoms with Gasteiger partial charge in [0.15, 0.2) is 0 Å². The van der Waals surface area contributed by atoms with E-state index >= 15 is 0 Å². The summed E-state index contributed by atoms with van der Waals surface area (Å²) in [5, 5.41) is 3.29. The Morgan fingerprint density at radius 2 is 2.00 bits per heavy atom. The van der Waals surface area contributed by atoms with Crippen molar-refractivity contribution < 1.29 is 0 Å². The van der Waals surface area contributed by atoms with Crippen LogP contribution in [0.1, 0.15) is 45.6 Å². The van der Waals surface area contributed by atoms with Gasteiger partial charge in [0.25, 0.3) is 0 Å². The highest BCUT2D eigenvalue weighted by Crippen LogP contribution is 2.36. The van der Waals surface area contributed by atoms with Crippen molar-refractivity contribution in [3.8, 4) is 0 Å². The van der Waals surface area contributed by atoms with Gasteiger partial charge in [-0.25, -0.2) is 0 Å². The second-order valence-electron chi connectivity index (χ2n) is 7.28. The number of hydrogen-bond acceptors (Lipinski definition) is 2.